The van der Waals surface area contributed by atoms with Crippen LogP contribution < -0.4 is 10.2 Å². The summed E-state index contributed by atoms with van der Waals surface area (Å²) in [5, 5.41) is 3.99. The van der Waals surface area contributed by atoms with Crippen molar-refractivity contribution in [2.24, 2.45) is 0 Å². The molecule has 3 heterocycles. The molecule has 146 valence electrons. The van der Waals surface area contributed by atoms with Gasteiger partial charge in [-0.2, -0.15) is 0 Å². The number of benzene rings is 1. The highest BCUT2D eigenvalue weighted by Crippen LogP contribution is 2.22. The number of anilines is 1. The third-order valence-corrected chi connectivity index (χ3v) is 6.13. The monoisotopic (exact) mass is 395 g/mol. The van der Waals surface area contributed by atoms with Gasteiger partial charge in [-0.1, -0.05) is 18.2 Å². The molecule has 0 spiro atoms. The number of fused-ring (bicyclic) bond motifs is 1. The van der Waals surface area contributed by atoms with Crippen molar-refractivity contribution in [3.63, 3.8) is 0 Å². The molecule has 28 heavy (non-hydrogen) atoms. The summed E-state index contributed by atoms with van der Waals surface area (Å²) in [5.41, 5.74) is 2.03. The van der Waals surface area contributed by atoms with Gasteiger partial charge in [0.2, 0.25) is 5.91 Å². The highest BCUT2D eigenvalue weighted by Gasteiger charge is 2.15. The molecule has 2 aromatic heterocycles. The molecule has 1 amide bonds. The second kappa shape index (κ2) is 8.67. The Morgan fingerprint density at radius 3 is 2.71 bits per heavy atom. The molecule has 1 aliphatic rings. The van der Waals surface area contributed by atoms with Gasteiger partial charge in [-0.3, -0.25) is 4.79 Å². The largest absolute Gasteiger partial charge is 0.354 e. The van der Waals surface area contributed by atoms with E-state index < -0.39 is 0 Å². The molecule has 6 nitrogen and oxygen atoms in total. The Kier molecular flexibility index (Phi) is 5.83. The van der Waals surface area contributed by atoms with E-state index >= 15 is 0 Å². The van der Waals surface area contributed by atoms with Crippen LogP contribution in [0.15, 0.2) is 42.6 Å². The molecule has 4 rings (SSSR count). The summed E-state index contributed by atoms with van der Waals surface area (Å²) in [6.45, 7) is 4.65. The molecule has 0 atom stereocenters. The lowest BCUT2D eigenvalue weighted by Crippen LogP contribution is -2.44. The van der Waals surface area contributed by atoms with Crippen LogP contribution in [-0.2, 0) is 17.8 Å². The van der Waals surface area contributed by atoms with E-state index in [0.717, 1.165) is 48.1 Å². The number of nitrogens with one attached hydrogen (secondary N) is 1. The summed E-state index contributed by atoms with van der Waals surface area (Å²) < 4.78 is 1.17. The molecular formula is C21H25N5OS. The van der Waals surface area contributed by atoms with Gasteiger partial charge in [0, 0.05) is 51.8 Å². The predicted molar refractivity (Wildman–Crippen MR) is 114 cm³/mol. The van der Waals surface area contributed by atoms with Crippen LogP contribution in [0.25, 0.3) is 10.2 Å². The molecule has 1 aliphatic heterocycles. The maximum Gasteiger partial charge on any atom is 0.220 e. The van der Waals surface area contributed by atoms with E-state index in [-0.39, 0.29) is 5.91 Å². The van der Waals surface area contributed by atoms with Gasteiger partial charge < -0.3 is 15.1 Å². The highest BCUT2D eigenvalue weighted by atomic mass is 32.1. The van der Waals surface area contributed by atoms with E-state index in [4.69, 9.17) is 0 Å². The third-order valence-electron chi connectivity index (χ3n) is 5.03. The van der Waals surface area contributed by atoms with Gasteiger partial charge in [0.25, 0.3) is 0 Å². The van der Waals surface area contributed by atoms with E-state index in [1.54, 1.807) is 11.3 Å². The number of carbonyl (C=O) groups is 1. The maximum atomic E-state index is 12.2. The van der Waals surface area contributed by atoms with Crippen molar-refractivity contribution in [1.29, 1.82) is 0 Å². The Morgan fingerprint density at radius 1 is 1.14 bits per heavy atom. The number of piperazine rings is 1. The molecule has 0 saturated carbocycles. The molecule has 0 aliphatic carbocycles. The van der Waals surface area contributed by atoms with Crippen molar-refractivity contribution in [3.05, 3.63) is 53.2 Å². The van der Waals surface area contributed by atoms with Crippen molar-refractivity contribution in [3.8, 4) is 0 Å². The van der Waals surface area contributed by atoms with Crippen molar-refractivity contribution in [2.45, 2.75) is 19.4 Å². The molecule has 7 heteroatoms. The van der Waals surface area contributed by atoms with Gasteiger partial charge in [0.15, 0.2) is 0 Å². The van der Waals surface area contributed by atoms with Gasteiger partial charge in [0.05, 0.1) is 15.2 Å². The zero-order valence-corrected chi connectivity index (χ0v) is 16.9. The molecule has 1 fully saturated rings. The highest BCUT2D eigenvalue weighted by molar-refractivity contribution is 7.18. The van der Waals surface area contributed by atoms with Gasteiger partial charge in [0.1, 0.15) is 5.82 Å². The van der Waals surface area contributed by atoms with Crippen LogP contribution in [0.1, 0.15) is 17.0 Å². The molecule has 0 unspecified atom stereocenters. The first-order valence-corrected chi connectivity index (χ1v) is 10.5. The van der Waals surface area contributed by atoms with Crippen LogP contribution in [-0.4, -0.2) is 54.0 Å². The van der Waals surface area contributed by atoms with E-state index in [2.05, 4.69) is 44.3 Å². The molecular weight excluding hydrogens is 370 g/mol. The number of carbonyl (C=O) groups excluding carboxylic acids is 1. The normalized spacial score (nSPS) is 15.1. The second-order valence-electron chi connectivity index (χ2n) is 7.17. The zero-order chi connectivity index (χ0) is 19.3. The SMILES string of the molecule is CN1CCN(c2ccc(CNC(=O)CCc3nc4ccccc4s3)cn2)CC1. The fourth-order valence-corrected chi connectivity index (χ4v) is 4.25. The van der Waals surface area contributed by atoms with Gasteiger partial charge in [-0.25, -0.2) is 9.97 Å². The number of amides is 1. The topological polar surface area (TPSA) is 61.4 Å². The summed E-state index contributed by atoms with van der Waals surface area (Å²) in [7, 11) is 2.15. The van der Waals surface area contributed by atoms with Crippen LogP contribution >= 0.6 is 11.3 Å². The molecule has 0 radical (unpaired) electrons. The Labute approximate surface area is 169 Å². The maximum absolute atomic E-state index is 12.2. The van der Waals surface area contributed by atoms with E-state index in [9.17, 15) is 4.79 Å². The fraction of sp³-hybridized carbons (Fsp3) is 0.381. The lowest BCUT2D eigenvalue weighted by Gasteiger charge is -2.33. The predicted octanol–water partition coefficient (Wildman–Crippen LogP) is 2.69. The van der Waals surface area contributed by atoms with Crippen LogP contribution in [0.2, 0.25) is 0 Å². The number of hydrogen-bond donors (Lipinski definition) is 1. The number of hydrogen-bond acceptors (Lipinski definition) is 6. The molecule has 1 saturated heterocycles. The number of aromatic nitrogens is 2. The summed E-state index contributed by atoms with van der Waals surface area (Å²) in [5.74, 6) is 1.06. The van der Waals surface area contributed by atoms with E-state index in [0.29, 0.717) is 19.4 Å². The number of pyridine rings is 1. The first-order valence-electron chi connectivity index (χ1n) is 9.67. The quantitative estimate of drug-likeness (QED) is 0.695. The average Bonchev–Trinajstić information content (AvgIpc) is 3.15. The lowest BCUT2D eigenvalue weighted by atomic mass is 10.2. The smallest absolute Gasteiger partial charge is 0.220 e. The van der Waals surface area contributed by atoms with Crippen molar-refractivity contribution < 1.29 is 4.79 Å². The van der Waals surface area contributed by atoms with Gasteiger partial charge in [-0.15, -0.1) is 11.3 Å². The molecule has 3 aromatic rings. The van der Waals surface area contributed by atoms with E-state index in [1.807, 2.05) is 30.5 Å². The van der Waals surface area contributed by atoms with Crippen LogP contribution in [0, 0.1) is 0 Å². The molecule has 1 N–H and O–H groups in total. The van der Waals surface area contributed by atoms with Crippen LogP contribution in [0.5, 0.6) is 0 Å². The first kappa shape index (κ1) is 18.8. The Bertz CT molecular complexity index is 898. The molecule has 0 bridgehead atoms. The fourth-order valence-electron chi connectivity index (χ4n) is 3.28. The number of rotatable bonds is 6. The summed E-state index contributed by atoms with van der Waals surface area (Å²) >= 11 is 1.66. The summed E-state index contributed by atoms with van der Waals surface area (Å²) in [4.78, 5) is 26.0. The first-order chi connectivity index (χ1) is 13.7. The standard InChI is InChI=1S/C21H25N5OS/c1-25-10-12-26(13-11-25)19-7-6-16(14-22-19)15-23-20(27)8-9-21-24-17-4-2-3-5-18(17)28-21/h2-7,14H,8-13,15H2,1H3,(H,23,27). The number of aryl methyl sites for hydroxylation is 1. The summed E-state index contributed by atoms with van der Waals surface area (Å²) in [6.07, 6.45) is 2.99. The minimum Gasteiger partial charge on any atom is -0.354 e. The lowest BCUT2D eigenvalue weighted by molar-refractivity contribution is -0.121. The van der Waals surface area contributed by atoms with E-state index in [1.165, 1.54) is 4.70 Å². The van der Waals surface area contributed by atoms with Crippen molar-refractivity contribution in [1.82, 2.24) is 20.2 Å². The number of thiazole rings is 1. The van der Waals surface area contributed by atoms with Crippen molar-refractivity contribution >= 4 is 33.3 Å². The Morgan fingerprint density at radius 2 is 1.96 bits per heavy atom. The molecule has 1 aromatic carbocycles. The Balaban J connectivity index is 1.24. The van der Waals surface area contributed by atoms with Crippen LogP contribution in [0.3, 0.4) is 0 Å². The third kappa shape index (κ3) is 4.66. The van der Waals surface area contributed by atoms with Gasteiger partial charge >= 0.3 is 0 Å². The van der Waals surface area contributed by atoms with Gasteiger partial charge in [-0.05, 0) is 30.8 Å². The average molecular weight is 396 g/mol. The van der Waals surface area contributed by atoms with Crippen molar-refractivity contribution in [2.75, 3.05) is 38.1 Å². The Hall–Kier alpha value is -2.51. The second-order valence-corrected chi connectivity index (χ2v) is 8.28. The summed E-state index contributed by atoms with van der Waals surface area (Å²) in [6, 6.07) is 12.2. The minimum atomic E-state index is 0.0439. The van der Waals surface area contributed by atoms with Crippen LogP contribution in [0.4, 0.5) is 5.82 Å². The minimum absolute atomic E-state index is 0.0439. The number of nitrogens with zero attached hydrogens (tertiary/aromatic N) is 4. The number of para-hydroxylation sites is 1. The zero-order valence-electron chi connectivity index (χ0n) is 16.1. The number of likely N-dealkylation sites (N-methyl/N-ethyl adjacent to an activating group) is 1.